The summed E-state index contributed by atoms with van der Waals surface area (Å²) < 4.78 is 27.4. The largest absolute Gasteiger partial charge is 0.478 e. The molecule has 1 heterocycles. The van der Waals surface area contributed by atoms with Crippen LogP contribution in [0.2, 0.25) is 0 Å². The van der Waals surface area contributed by atoms with Gasteiger partial charge in [-0.1, -0.05) is 19.3 Å². The average molecular weight is 276 g/mol. The number of pyridine rings is 1. The smallest absolute Gasteiger partial charge is 0.262 e. The number of hydrogen-bond donors (Lipinski definition) is 0. The predicted octanol–water partition coefficient (Wildman–Crippen LogP) is 2.58. The van der Waals surface area contributed by atoms with E-state index in [2.05, 4.69) is 4.98 Å². The zero-order valence-electron chi connectivity index (χ0n) is 9.30. The van der Waals surface area contributed by atoms with Crippen LogP contribution in [0.25, 0.3) is 0 Å². The third kappa shape index (κ3) is 3.57. The molecule has 0 saturated heterocycles. The standard InChI is InChI=1S/C11H14ClNO3S/c12-17(14,15)10-4-5-11(13-8-10)16-7-6-9-2-1-3-9/h4-5,8-9H,1-3,6-7H2. The van der Waals surface area contributed by atoms with Crippen molar-refractivity contribution >= 4 is 19.7 Å². The van der Waals surface area contributed by atoms with Crippen LogP contribution in [-0.4, -0.2) is 20.0 Å². The zero-order chi connectivity index (χ0) is 12.3. The van der Waals surface area contributed by atoms with Gasteiger partial charge in [0.2, 0.25) is 5.88 Å². The van der Waals surface area contributed by atoms with E-state index in [1.54, 1.807) is 0 Å². The zero-order valence-corrected chi connectivity index (χ0v) is 10.9. The van der Waals surface area contributed by atoms with Crippen LogP contribution in [0.15, 0.2) is 23.2 Å². The second kappa shape index (κ2) is 5.23. The predicted molar refractivity (Wildman–Crippen MR) is 64.7 cm³/mol. The fourth-order valence-corrected chi connectivity index (χ4v) is 2.39. The van der Waals surface area contributed by atoms with E-state index >= 15 is 0 Å². The molecule has 6 heteroatoms. The lowest BCUT2D eigenvalue weighted by Crippen LogP contribution is -2.14. The highest BCUT2D eigenvalue weighted by Gasteiger charge is 2.17. The summed E-state index contributed by atoms with van der Waals surface area (Å²) in [6, 6.07) is 2.92. The highest BCUT2D eigenvalue weighted by molar-refractivity contribution is 8.13. The van der Waals surface area contributed by atoms with E-state index in [1.165, 1.54) is 37.6 Å². The minimum Gasteiger partial charge on any atom is -0.478 e. The molecule has 1 saturated carbocycles. The molecule has 0 amide bonds. The second-order valence-corrected chi connectivity index (χ2v) is 6.77. The lowest BCUT2D eigenvalue weighted by atomic mass is 9.83. The minimum atomic E-state index is -3.69. The fraction of sp³-hybridized carbons (Fsp3) is 0.545. The molecule has 1 aromatic rings. The van der Waals surface area contributed by atoms with Crippen LogP contribution >= 0.6 is 10.7 Å². The summed E-state index contributed by atoms with van der Waals surface area (Å²) in [5, 5.41) is 0. The molecule has 0 unspecified atom stereocenters. The van der Waals surface area contributed by atoms with Crippen molar-refractivity contribution in [3.63, 3.8) is 0 Å². The Morgan fingerprint density at radius 1 is 1.41 bits per heavy atom. The number of halogens is 1. The Morgan fingerprint density at radius 2 is 2.18 bits per heavy atom. The lowest BCUT2D eigenvalue weighted by molar-refractivity contribution is 0.217. The van der Waals surface area contributed by atoms with Crippen LogP contribution in [0.4, 0.5) is 0 Å². The normalized spacial score (nSPS) is 16.5. The van der Waals surface area contributed by atoms with Gasteiger partial charge in [0.05, 0.1) is 12.8 Å². The van der Waals surface area contributed by atoms with E-state index in [0.717, 1.165) is 12.3 Å². The Balaban J connectivity index is 1.85. The van der Waals surface area contributed by atoms with Gasteiger partial charge in [0.15, 0.2) is 0 Å². The molecule has 94 valence electrons. The maximum Gasteiger partial charge on any atom is 0.262 e. The Bertz CT molecular complexity index is 468. The molecule has 1 fully saturated rings. The number of aromatic nitrogens is 1. The summed E-state index contributed by atoms with van der Waals surface area (Å²) >= 11 is 0. The maximum atomic E-state index is 11.0. The van der Waals surface area contributed by atoms with Gasteiger partial charge in [-0.15, -0.1) is 0 Å². The summed E-state index contributed by atoms with van der Waals surface area (Å²) in [6.07, 6.45) is 6.16. The van der Waals surface area contributed by atoms with E-state index in [-0.39, 0.29) is 4.90 Å². The molecular weight excluding hydrogens is 262 g/mol. The first kappa shape index (κ1) is 12.6. The molecule has 0 bridgehead atoms. The average Bonchev–Trinajstić information content (AvgIpc) is 2.21. The van der Waals surface area contributed by atoms with E-state index in [1.807, 2.05) is 0 Å². The van der Waals surface area contributed by atoms with E-state index < -0.39 is 9.05 Å². The van der Waals surface area contributed by atoms with Crippen molar-refractivity contribution < 1.29 is 13.2 Å². The molecule has 0 aromatic carbocycles. The third-order valence-corrected chi connectivity index (χ3v) is 4.33. The van der Waals surface area contributed by atoms with E-state index in [9.17, 15) is 8.42 Å². The molecular formula is C11H14ClNO3S. The second-order valence-electron chi connectivity index (χ2n) is 4.20. The van der Waals surface area contributed by atoms with E-state index in [0.29, 0.717) is 12.5 Å². The first-order chi connectivity index (χ1) is 8.05. The van der Waals surface area contributed by atoms with Gasteiger partial charge in [-0.2, -0.15) is 0 Å². The first-order valence-electron chi connectivity index (χ1n) is 5.59. The molecule has 0 N–H and O–H groups in total. The Labute approximate surface area is 105 Å². The minimum absolute atomic E-state index is 0.00879. The molecule has 2 rings (SSSR count). The number of rotatable bonds is 5. The van der Waals surface area contributed by atoms with E-state index in [4.69, 9.17) is 15.4 Å². The van der Waals surface area contributed by atoms with Gasteiger partial charge >= 0.3 is 0 Å². The molecule has 1 aromatic heterocycles. The van der Waals surface area contributed by atoms with Crippen molar-refractivity contribution in [1.82, 2.24) is 4.98 Å². The molecule has 1 aliphatic rings. The Kier molecular flexibility index (Phi) is 3.89. The van der Waals surface area contributed by atoms with Crippen molar-refractivity contribution in [1.29, 1.82) is 0 Å². The van der Waals surface area contributed by atoms with Gasteiger partial charge < -0.3 is 4.74 Å². The Hall–Kier alpha value is -0.810. The summed E-state index contributed by atoms with van der Waals surface area (Å²) in [5.74, 6) is 1.23. The molecule has 0 radical (unpaired) electrons. The number of nitrogens with zero attached hydrogens (tertiary/aromatic N) is 1. The third-order valence-electron chi connectivity index (χ3n) is 2.99. The van der Waals surface area contributed by atoms with Gasteiger partial charge in [-0.25, -0.2) is 13.4 Å². The monoisotopic (exact) mass is 275 g/mol. The van der Waals surface area contributed by atoms with Crippen LogP contribution in [0.3, 0.4) is 0 Å². The molecule has 1 aliphatic carbocycles. The van der Waals surface area contributed by atoms with Crippen LogP contribution in [0, 0.1) is 5.92 Å². The van der Waals surface area contributed by atoms with Gasteiger partial charge in [0.1, 0.15) is 4.90 Å². The van der Waals surface area contributed by atoms with Gasteiger partial charge in [-0.3, -0.25) is 0 Å². The molecule has 4 nitrogen and oxygen atoms in total. The van der Waals surface area contributed by atoms with Gasteiger partial charge in [0, 0.05) is 16.7 Å². The van der Waals surface area contributed by atoms with Crippen molar-refractivity contribution in [2.75, 3.05) is 6.61 Å². The summed E-state index contributed by atoms with van der Waals surface area (Å²) in [6.45, 7) is 0.630. The maximum absolute atomic E-state index is 11.0. The van der Waals surface area contributed by atoms with Crippen LogP contribution < -0.4 is 4.74 Å². The first-order valence-corrected chi connectivity index (χ1v) is 7.90. The molecule has 0 spiro atoms. The van der Waals surface area contributed by atoms with Crippen LogP contribution in [0.5, 0.6) is 5.88 Å². The molecule has 17 heavy (non-hydrogen) atoms. The molecule has 0 atom stereocenters. The van der Waals surface area contributed by atoms with Crippen molar-refractivity contribution in [2.24, 2.45) is 5.92 Å². The van der Waals surface area contributed by atoms with Crippen LogP contribution in [0.1, 0.15) is 25.7 Å². The fourth-order valence-electron chi connectivity index (χ4n) is 1.71. The highest BCUT2D eigenvalue weighted by Crippen LogP contribution is 2.29. The summed E-state index contributed by atoms with van der Waals surface area (Å²) in [5.41, 5.74) is 0. The van der Waals surface area contributed by atoms with Crippen molar-refractivity contribution in [3.8, 4) is 5.88 Å². The van der Waals surface area contributed by atoms with Crippen LogP contribution in [-0.2, 0) is 9.05 Å². The summed E-state index contributed by atoms with van der Waals surface area (Å²) in [4.78, 5) is 3.89. The van der Waals surface area contributed by atoms with Gasteiger partial charge in [-0.05, 0) is 18.4 Å². The Morgan fingerprint density at radius 3 is 2.65 bits per heavy atom. The highest BCUT2D eigenvalue weighted by atomic mass is 35.7. The van der Waals surface area contributed by atoms with Crippen molar-refractivity contribution in [3.05, 3.63) is 18.3 Å². The molecule has 0 aliphatic heterocycles. The number of hydrogen-bond acceptors (Lipinski definition) is 4. The topological polar surface area (TPSA) is 56.3 Å². The lowest BCUT2D eigenvalue weighted by Gasteiger charge is -2.24. The SMILES string of the molecule is O=S(=O)(Cl)c1ccc(OCCC2CCC2)nc1. The van der Waals surface area contributed by atoms with Crippen molar-refractivity contribution in [2.45, 2.75) is 30.6 Å². The summed E-state index contributed by atoms with van der Waals surface area (Å²) in [7, 11) is 1.48. The number of ether oxygens (including phenoxy) is 1. The van der Waals surface area contributed by atoms with Gasteiger partial charge in [0.25, 0.3) is 9.05 Å². The quantitative estimate of drug-likeness (QED) is 0.775.